The summed E-state index contributed by atoms with van der Waals surface area (Å²) in [5.41, 5.74) is 2.23. The van der Waals surface area contributed by atoms with Crippen LogP contribution in [-0.2, 0) is 13.1 Å². The third-order valence-electron chi connectivity index (χ3n) is 3.64. The number of methoxy groups -OCH3 is 1. The summed E-state index contributed by atoms with van der Waals surface area (Å²) in [5.74, 6) is 3.07. The maximum Gasteiger partial charge on any atom is 0.231 e. The Labute approximate surface area is 136 Å². The molecule has 0 amide bonds. The summed E-state index contributed by atoms with van der Waals surface area (Å²) >= 11 is 0. The van der Waals surface area contributed by atoms with Gasteiger partial charge in [0.1, 0.15) is 5.82 Å². The lowest BCUT2D eigenvalue weighted by molar-refractivity contribution is 0.171. The van der Waals surface area contributed by atoms with Crippen LogP contribution in [0.3, 0.4) is 0 Å². The summed E-state index contributed by atoms with van der Waals surface area (Å²) in [6.07, 6.45) is 1.89. The van der Waals surface area contributed by atoms with E-state index in [-0.39, 0.29) is 6.79 Å². The van der Waals surface area contributed by atoms with E-state index in [1.54, 1.807) is 7.11 Å². The molecule has 23 heavy (non-hydrogen) atoms. The third kappa shape index (κ3) is 3.48. The highest BCUT2D eigenvalue weighted by molar-refractivity contribution is 5.55. The zero-order valence-electron chi connectivity index (χ0n) is 13.6. The Hall–Kier alpha value is -2.47. The van der Waals surface area contributed by atoms with Gasteiger partial charge in [0, 0.05) is 33.4 Å². The molecule has 1 aliphatic rings. The molecular weight excluding hydrogens is 294 g/mol. The lowest BCUT2D eigenvalue weighted by Gasteiger charge is -2.12. The Kier molecular flexibility index (Phi) is 4.52. The van der Waals surface area contributed by atoms with Crippen LogP contribution in [0.4, 0.5) is 5.82 Å². The third-order valence-corrected chi connectivity index (χ3v) is 3.64. The predicted octanol–water partition coefficient (Wildman–Crippen LogP) is 2.17. The second kappa shape index (κ2) is 6.75. The number of benzene rings is 1. The molecule has 0 atom stereocenters. The van der Waals surface area contributed by atoms with Gasteiger partial charge in [0.05, 0.1) is 7.11 Å². The van der Waals surface area contributed by atoms with E-state index in [0.717, 1.165) is 29.2 Å². The number of pyridine rings is 1. The first kappa shape index (κ1) is 15.4. The molecule has 0 fully saturated rings. The van der Waals surface area contributed by atoms with E-state index in [9.17, 15) is 0 Å². The number of rotatable bonds is 6. The highest BCUT2D eigenvalue weighted by Gasteiger charge is 2.19. The van der Waals surface area contributed by atoms with E-state index < -0.39 is 0 Å². The van der Waals surface area contributed by atoms with Gasteiger partial charge in [-0.05, 0) is 29.3 Å². The highest BCUT2D eigenvalue weighted by atomic mass is 16.7. The first-order valence-electron chi connectivity index (χ1n) is 7.47. The van der Waals surface area contributed by atoms with E-state index in [1.165, 1.54) is 0 Å². The molecule has 0 spiro atoms. The van der Waals surface area contributed by atoms with Crippen molar-refractivity contribution in [2.24, 2.45) is 0 Å². The van der Waals surface area contributed by atoms with Crippen LogP contribution in [0.15, 0.2) is 30.5 Å². The van der Waals surface area contributed by atoms with Gasteiger partial charge in [-0.15, -0.1) is 0 Å². The Morgan fingerprint density at radius 2 is 2.00 bits per heavy atom. The minimum atomic E-state index is 0.243. The number of hydrogen-bond acceptors (Lipinski definition) is 6. The average molecular weight is 315 g/mol. The zero-order valence-corrected chi connectivity index (χ0v) is 13.6. The number of ether oxygens (including phenoxy) is 3. The van der Waals surface area contributed by atoms with Gasteiger partial charge in [-0.1, -0.05) is 6.07 Å². The number of anilines is 1. The molecule has 1 aliphatic heterocycles. The van der Waals surface area contributed by atoms with Crippen molar-refractivity contribution >= 4 is 5.82 Å². The molecule has 1 N–H and O–H groups in total. The van der Waals surface area contributed by atoms with Gasteiger partial charge >= 0.3 is 0 Å². The molecule has 2 heterocycles. The molecule has 122 valence electrons. The minimum Gasteiger partial charge on any atom is -0.493 e. The van der Waals surface area contributed by atoms with Crippen molar-refractivity contribution < 1.29 is 14.2 Å². The molecule has 0 radical (unpaired) electrons. The van der Waals surface area contributed by atoms with Gasteiger partial charge in [-0.25, -0.2) is 4.98 Å². The standard InChI is InChI=1S/C17H21N3O3/c1-20(2)16-5-4-12(10-19-16)8-18-9-13-6-14(21-3)17-15(7-13)22-11-23-17/h4-7,10,18H,8-9,11H2,1-3H3. The fourth-order valence-corrected chi connectivity index (χ4v) is 2.42. The molecule has 0 bridgehead atoms. The molecule has 1 aromatic heterocycles. The molecule has 0 saturated heterocycles. The number of nitrogens with one attached hydrogen (secondary N) is 1. The summed E-state index contributed by atoms with van der Waals surface area (Å²) in [4.78, 5) is 6.39. The monoisotopic (exact) mass is 315 g/mol. The Morgan fingerprint density at radius 1 is 1.17 bits per heavy atom. The number of fused-ring (bicyclic) bond motifs is 1. The van der Waals surface area contributed by atoms with Crippen molar-refractivity contribution in [2.75, 3.05) is 32.9 Å². The van der Waals surface area contributed by atoms with Gasteiger partial charge in [0.15, 0.2) is 11.5 Å². The van der Waals surface area contributed by atoms with Crippen molar-refractivity contribution in [3.8, 4) is 17.2 Å². The fraction of sp³-hybridized carbons (Fsp3) is 0.353. The van der Waals surface area contributed by atoms with E-state index in [4.69, 9.17) is 14.2 Å². The molecule has 6 nitrogen and oxygen atoms in total. The summed E-state index contributed by atoms with van der Waals surface area (Å²) in [7, 11) is 5.59. The van der Waals surface area contributed by atoms with Crippen molar-refractivity contribution in [3.05, 3.63) is 41.6 Å². The second-order valence-corrected chi connectivity index (χ2v) is 5.55. The van der Waals surface area contributed by atoms with E-state index >= 15 is 0 Å². The second-order valence-electron chi connectivity index (χ2n) is 5.55. The maximum absolute atomic E-state index is 5.44. The molecule has 3 rings (SSSR count). The van der Waals surface area contributed by atoms with Gasteiger partial charge in [-0.2, -0.15) is 0 Å². The molecule has 0 unspecified atom stereocenters. The van der Waals surface area contributed by atoms with Gasteiger partial charge in [0.2, 0.25) is 12.5 Å². The van der Waals surface area contributed by atoms with Crippen molar-refractivity contribution in [3.63, 3.8) is 0 Å². The van der Waals surface area contributed by atoms with E-state index in [0.29, 0.717) is 18.0 Å². The summed E-state index contributed by atoms with van der Waals surface area (Å²) in [5, 5.41) is 3.40. The lowest BCUT2D eigenvalue weighted by atomic mass is 10.1. The Morgan fingerprint density at radius 3 is 2.70 bits per heavy atom. The number of aromatic nitrogens is 1. The number of nitrogens with zero attached hydrogens (tertiary/aromatic N) is 2. The van der Waals surface area contributed by atoms with Crippen LogP contribution in [0, 0.1) is 0 Å². The van der Waals surface area contributed by atoms with Gasteiger partial charge < -0.3 is 24.4 Å². The molecule has 6 heteroatoms. The fourth-order valence-electron chi connectivity index (χ4n) is 2.42. The molecular formula is C17H21N3O3. The highest BCUT2D eigenvalue weighted by Crippen LogP contribution is 2.41. The van der Waals surface area contributed by atoms with Crippen LogP contribution < -0.4 is 24.4 Å². The summed E-state index contributed by atoms with van der Waals surface area (Å²) < 4.78 is 16.2. The molecule has 2 aromatic rings. The lowest BCUT2D eigenvalue weighted by Crippen LogP contribution is -2.14. The number of hydrogen-bond donors (Lipinski definition) is 1. The normalized spacial score (nSPS) is 12.3. The van der Waals surface area contributed by atoms with Crippen molar-refractivity contribution in [2.45, 2.75) is 13.1 Å². The van der Waals surface area contributed by atoms with E-state index in [2.05, 4.69) is 16.4 Å². The van der Waals surface area contributed by atoms with Crippen LogP contribution >= 0.6 is 0 Å². The van der Waals surface area contributed by atoms with Crippen molar-refractivity contribution in [1.82, 2.24) is 10.3 Å². The topological polar surface area (TPSA) is 55.9 Å². The molecule has 0 aliphatic carbocycles. The van der Waals surface area contributed by atoms with Crippen LogP contribution in [0.1, 0.15) is 11.1 Å². The summed E-state index contributed by atoms with van der Waals surface area (Å²) in [6.45, 7) is 1.70. The largest absolute Gasteiger partial charge is 0.493 e. The quantitative estimate of drug-likeness (QED) is 0.882. The summed E-state index contributed by atoms with van der Waals surface area (Å²) in [6, 6.07) is 8.04. The Bertz CT molecular complexity index is 672. The molecule has 0 saturated carbocycles. The molecule has 1 aromatic carbocycles. The Balaban J connectivity index is 1.60. The van der Waals surface area contributed by atoms with Gasteiger partial charge in [0.25, 0.3) is 0 Å². The van der Waals surface area contributed by atoms with Gasteiger partial charge in [-0.3, -0.25) is 0 Å². The minimum absolute atomic E-state index is 0.243. The van der Waals surface area contributed by atoms with Crippen LogP contribution in [0.2, 0.25) is 0 Å². The van der Waals surface area contributed by atoms with Crippen LogP contribution in [-0.4, -0.2) is 33.0 Å². The smallest absolute Gasteiger partial charge is 0.231 e. The first-order chi connectivity index (χ1) is 11.2. The predicted molar refractivity (Wildman–Crippen MR) is 88.2 cm³/mol. The zero-order chi connectivity index (χ0) is 16.2. The average Bonchev–Trinajstić information content (AvgIpc) is 3.03. The van der Waals surface area contributed by atoms with E-state index in [1.807, 2.05) is 43.4 Å². The van der Waals surface area contributed by atoms with Crippen LogP contribution in [0.25, 0.3) is 0 Å². The van der Waals surface area contributed by atoms with Crippen LogP contribution in [0.5, 0.6) is 17.2 Å². The SMILES string of the molecule is COc1cc(CNCc2ccc(N(C)C)nc2)cc2c1OCO2. The first-order valence-corrected chi connectivity index (χ1v) is 7.47. The maximum atomic E-state index is 5.44. The van der Waals surface area contributed by atoms with Crippen molar-refractivity contribution in [1.29, 1.82) is 0 Å².